The van der Waals surface area contributed by atoms with Gasteiger partial charge < -0.3 is 5.32 Å². The summed E-state index contributed by atoms with van der Waals surface area (Å²) in [5, 5.41) is 3.66. The van der Waals surface area contributed by atoms with Crippen LogP contribution in [0.25, 0.3) is 0 Å². The van der Waals surface area contributed by atoms with E-state index in [9.17, 15) is 8.78 Å². The van der Waals surface area contributed by atoms with Gasteiger partial charge >= 0.3 is 0 Å². The van der Waals surface area contributed by atoms with Crippen molar-refractivity contribution in [3.8, 4) is 0 Å². The van der Waals surface area contributed by atoms with Gasteiger partial charge in [-0.15, -0.1) is 0 Å². The van der Waals surface area contributed by atoms with Gasteiger partial charge in [-0.1, -0.05) is 6.42 Å². The molecule has 3 fully saturated rings. The standard InChI is InChI=1S/C18H23F2N/c19-15-3-6-17(20)13(8-15)10-18(11-21-16-4-5-16)9-12-1-2-14(18)7-12/h3,6,8,12,14,16,21H,1-2,4-5,7,9-11H2. The molecule has 3 aliphatic rings. The van der Waals surface area contributed by atoms with E-state index in [0.29, 0.717) is 23.9 Å². The summed E-state index contributed by atoms with van der Waals surface area (Å²) in [4.78, 5) is 0. The van der Waals surface area contributed by atoms with E-state index < -0.39 is 0 Å². The molecule has 0 heterocycles. The lowest BCUT2D eigenvalue weighted by molar-refractivity contribution is 0.154. The highest BCUT2D eigenvalue weighted by Crippen LogP contribution is 2.57. The molecule has 3 saturated carbocycles. The molecule has 3 unspecified atom stereocenters. The average molecular weight is 291 g/mol. The number of benzene rings is 1. The third kappa shape index (κ3) is 2.61. The van der Waals surface area contributed by atoms with Crippen molar-refractivity contribution >= 4 is 0 Å². The van der Waals surface area contributed by atoms with Gasteiger partial charge in [-0.05, 0) is 79.5 Å². The van der Waals surface area contributed by atoms with Gasteiger partial charge in [-0.25, -0.2) is 8.78 Å². The topological polar surface area (TPSA) is 12.0 Å². The number of halogens is 2. The molecule has 114 valence electrons. The van der Waals surface area contributed by atoms with Crippen LogP contribution in [0.15, 0.2) is 18.2 Å². The first-order chi connectivity index (χ1) is 10.1. The van der Waals surface area contributed by atoms with Crippen LogP contribution in [0.5, 0.6) is 0 Å². The zero-order valence-corrected chi connectivity index (χ0v) is 12.4. The molecule has 1 nitrogen and oxygen atoms in total. The predicted molar refractivity (Wildman–Crippen MR) is 79.0 cm³/mol. The quantitative estimate of drug-likeness (QED) is 0.862. The van der Waals surface area contributed by atoms with Gasteiger partial charge in [0.05, 0.1) is 0 Å². The summed E-state index contributed by atoms with van der Waals surface area (Å²) in [6, 6.07) is 4.58. The highest BCUT2D eigenvalue weighted by Gasteiger charge is 2.51. The number of nitrogens with one attached hydrogen (secondary N) is 1. The molecule has 0 spiro atoms. The molecular weight excluding hydrogens is 268 g/mol. The Balaban J connectivity index is 1.58. The molecule has 4 rings (SSSR count). The van der Waals surface area contributed by atoms with Crippen LogP contribution in [0.3, 0.4) is 0 Å². The van der Waals surface area contributed by atoms with E-state index >= 15 is 0 Å². The summed E-state index contributed by atoms with van der Waals surface area (Å²) >= 11 is 0. The largest absolute Gasteiger partial charge is 0.313 e. The van der Waals surface area contributed by atoms with E-state index in [1.54, 1.807) is 0 Å². The molecule has 3 aliphatic carbocycles. The molecule has 0 amide bonds. The van der Waals surface area contributed by atoms with Gasteiger partial charge in [0.25, 0.3) is 0 Å². The zero-order chi connectivity index (χ0) is 14.4. The van der Waals surface area contributed by atoms with Crippen molar-refractivity contribution in [1.82, 2.24) is 5.32 Å². The van der Waals surface area contributed by atoms with Gasteiger partial charge in [-0.3, -0.25) is 0 Å². The average Bonchev–Trinajstić information content (AvgIpc) is 3.09. The third-order valence-corrected chi connectivity index (χ3v) is 5.97. The van der Waals surface area contributed by atoms with Gasteiger partial charge in [0.1, 0.15) is 11.6 Å². The Labute approximate surface area is 125 Å². The maximum absolute atomic E-state index is 14.1. The van der Waals surface area contributed by atoms with Crippen LogP contribution in [-0.2, 0) is 6.42 Å². The van der Waals surface area contributed by atoms with Crippen molar-refractivity contribution in [3.05, 3.63) is 35.4 Å². The molecule has 1 N–H and O–H groups in total. The monoisotopic (exact) mass is 291 g/mol. The van der Waals surface area contributed by atoms with Gasteiger partial charge in [0.2, 0.25) is 0 Å². The van der Waals surface area contributed by atoms with Crippen LogP contribution < -0.4 is 5.32 Å². The molecule has 1 aromatic carbocycles. The molecule has 3 heteroatoms. The maximum Gasteiger partial charge on any atom is 0.126 e. The minimum atomic E-state index is -0.320. The van der Waals surface area contributed by atoms with Crippen molar-refractivity contribution in [1.29, 1.82) is 0 Å². The SMILES string of the molecule is Fc1ccc(F)c(CC2(CNC3CC3)CC3CCC2C3)c1. The van der Waals surface area contributed by atoms with Crippen molar-refractivity contribution in [2.45, 2.75) is 51.0 Å². The van der Waals surface area contributed by atoms with Crippen LogP contribution in [0, 0.1) is 28.9 Å². The fourth-order valence-corrected chi connectivity index (χ4v) is 4.75. The second-order valence-electron chi connectivity index (χ2n) is 7.51. The number of hydrogen-bond donors (Lipinski definition) is 1. The maximum atomic E-state index is 14.1. The second-order valence-corrected chi connectivity index (χ2v) is 7.51. The first-order valence-electron chi connectivity index (χ1n) is 8.32. The van der Waals surface area contributed by atoms with E-state index in [4.69, 9.17) is 0 Å². The molecule has 0 aromatic heterocycles. The fourth-order valence-electron chi connectivity index (χ4n) is 4.75. The lowest BCUT2D eigenvalue weighted by Gasteiger charge is -2.38. The van der Waals surface area contributed by atoms with Crippen LogP contribution in [0.4, 0.5) is 8.78 Å². The Hall–Kier alpha value is -0.960. The summed E-state index contributed by atoms with van der Waals surface area (Å²) < 4.78 is 27.5. The Kier molecular flexibility index (Phi) is 3.29. The van der Waals surface area contributed by atoms with Crippen molar-refractivity contribution in [3.63, 3.8) is 0 Å². The molecule has 1 aromatic rings. The van der Waals surface area contributed by atoms with Crippen LogP contribution in [0.1, 0.15) is 44.1 Å². The Morgan fingerprint density at radius 2 is 2.00 bits per heavy atom. The first-order valence-corrected chi connectivity index (χ1v) is 8.32. The molecule has 3 atom stereocenters. The van der Waals surface area contributed by atoms with E-state index in [2.05, 4.69) is 5.32 Å². The van der Waals surface area contributed by atoms with Crippen LogP contribution in [-0.4, -0.2) is 12.6 Å². The fraction of sp³-hybridized carbons (Fsp3) is 0.667. The first kappa shape index (κ1) is 13.7. The minimum absolute atomic E-state index is 0.153. The third-order valence-electron chi connectivity index (χ3n) is 5.97. The van der Waals surface area contributed by atoms with Gasteiger partial charge in [0.15, 0.2) is 0 Å². The van der Waals surface area contributed by atoms with Crippen molar-refractivity contribution in [2.24, 2.45) is 17.3 Å². The summed E-state index contributed by atoms with van der Waals surface area (Å²) in [6.07, 6.45) is 8.33. The highest BCUT2D eigenvalue weighted by atomic mass is 19.1. The summed E-state index contributed by atoms with van der Waals surface area (Å²) in [7, 11) is 0. The Morgan fingerprint density at radius 3 is 2.67 bits per heavy atom. The van der Waals surface area contributed by atoms with E-state index in [1.165, 1.54) is 56.7 Å². The normalized spacial score (nSPS) is 34.6. The molecular formula is C18H23F2N. The molecule has 0 aliphatic heterocycles. The van der Waals surface area contributed by atoms with Gasteiger partial charge in [0, 0.05) is 12.6 Å². The zero-order valence-electron chi connectivity index (χ0n) is 12.4. The van der Waals surface area contributed by atoms with Crippen molar-refractivity contribution in [2.75, 3.05) is 6.54 Å². The lowest BCUT2D eigenvalue weighted by atomic mass is 9.69. The number of fused-ring (bicyclic) bond motifs is 2. The highest BCUT2D eigenvalue weighted by molar-refractivity contribution is 5.22. The summed E-state index contributed by atoms with van der Waals surface area (Å²) in [5.74, 6) is 0.939. The molecule has 21 heavy (non-hydrogen) atoms. The lowest BCUT2D eigenvalue weighted by Crippen LogP contribution is -2.41. The Bertz CT molecular complexity index is 540. The van der Waals surface area contributed by atoms with Crippen LogP contribution in [0.2, 0.25) is 0 Å². The molecule has 0 radical (unpaired) electrons. The summed E-state index contributed by atoms with van der Waals surface area (Å²) in [5.41, 5.74) is 0.722. The molecule has 0 saturated heterocycles. The van der Waals surface area contributed by atoms with E-state index in [-0.39, 0.29) is 17.0 Å². The van der Waals surface area contributed by atoms with Gasteiger partial charge in [-0.2, -0.15) is 0 Å². The predicted octanol–water partition coefficient (Wildman–Crippen LogP) is 4.07. The second kappa shape index (κ2) is 5.05. The van der Waals surface area contributed by atoms with E-state index in [1.807, 2.05) is 0 Å². The Morgan fingerprint density at radius 1 is 1.14 bits per heavy atom. The summed E-state index contributed by atoms with van der Waals surface area (Å²) in [6.45, 7) is 0.981. The van der Waals surface area contributed by atoms with E-state index in [0.717, 1.165) is 12.5 Å². The molecule has 2 bridgehead atoms. The number of hydrogen-bond acceptors (Lipinski definition) is 1. The smallest absolute Gasteiger partial charge is 0.126 e. The minimum Gasteiger partial charge on any atom is -0.313 e. The number of rotatable bonds is 5. The van der Waals surface area contributed by atoms with Crippen molar-refractivity contribution < 1.29 is 8.78 Å². The van der Waals surface area contributed by atoms with Crippen LogP contribution >= 0.6 is 0 Å².